The summed E-state index contributed by atoms with van der Waals surface area (Å²) in [5, 5.41) is 5.93. The predicted octanol–water partition coefficient (Wildman–Crippen LogP) is 8.46. The Morgan fingerprint density at radius 3 is 2.12 bits per heavy atom. The van der Waals surface area contributed by atoms with Crippen molar-refractivity contribution in [3.05, 3.63) is 121 Å². The van der Waals surface area contributed by atoms with Crippen LogP contribution in [-0.2, 0) is 4.79 Å². The zero-order chi connectivity index (χ0) is 34.0. The predicted molar refractivity (Wildman–Crippen MR) is 200 cm³/mol. The average Bonchev–Trinajstić information content (AvgIpc) is 4.01. The molecule has 2 aliphatic rings. The SMILES string of the molecule is CCN(CC)[C@@H](C(=O)N1CCC[C@H]1c1ncc(-c2ccc(-c3ccc4cc(-c5cnc([C@@H]6CCCN6)[nH]5)ccc4c3)cc2)[nH]1)c1ccccc1. The Labute approximate surface area is 294 Å². The molecule has 50 heavy (non-hydrogen) atoms. The highest BCUT2D eigenvalue weighted by molar-refractivity contribution is 5.90. The summed E-state index contributed by atoms with van der Waals surface area (Å²) in [6.07, 6.45) is 8.06. The van der Waals surface area contributed by atoms with E-state index in [1.165, 1.54) is 22.8 Å². The second-order valence-electron chi connectivity index (χ2n) is 13.6. The summed E-state index contributed by atoms with van der Waals surface area (Å²) in [7, 11) is 0. The number of likely N-dealkylation sites (tertiary alicyclic amines) is 1. The number of H-pyrrole nitrogens is 2. The van der Waals surface area contributed by atoms with Crippen molar-refractivity contribution in [3.8, 4) is 33.6 Å². The molecule has 2 aliphatic heterocycles. The van der Waals surface area contributed by atoms with Crippen LogP contribution in [0.3, 0.4) is 0 Å². The van der Waals surface area contributed by atoms with E-state index in [1.807, 2.05) is 35.5 Å². The quantitative estimate of drug-likeness (QED) is 0.137. The molecule has 0 aliphatic carbocycles. The minimum atomic E-state index is -0.297. The summed E-state index contributed by atoms with van der Waals surface area (Å²) in [6.45, 7) is 7.68. The smallest absolute Gasteiger partial charge is 0.245 e. The Balaban J connectivity index is 0.979. The summed E-state index contributed by atoms with van der Waals surface area (Å²) < 4.78 is 0. The molecule has 0 bridgehead atoms. The normalized spacial score (nSPS) is 18.3. The van der Waals surface area contributed by atoms with E-state index in [4.69, 9.17) is 4.98 Å². The van der Waals surface area contributed by atoms with Crippen LogP contribution in [0.25, 0.3) is 44.4 Å². The van der Waals surface area contributed by atoms with E-state index in [0.717, 1.165) is 90.7 Å². The van der Waals surface area contributed by atoms with Gasteiger partial charge in [0.2, 0.25) is 5.91 Å². The van der Waals surface area contributed by atoms with Gasteiger partial charge in [-0.15, -0.1) is 0 Å². The number of carbonyl (C=O) groups excluding carboxylic acids is 1. The van der Waals surface area contributed by atoms with Crippen LogP contribution in [0, 0.1) is 0 Å². The molecule has 0 unspecified atom stereocenters. The number of likely N-dealkylation sites (N-methyl/N-ethyl adjacent to an activating group) is 1. The van der Waals surface area contributed by atoms with Gasteiger partial charge in [0, 0.05) is 12.1 Å². The zero-order valence-corrected chi connectivity index (χ0v) is 28.9. The van der Waals surface area contributed by atoms with Gasteiger partial charge in [-0.05, 0) is 90.5 Å². The van der Waals surface area contributed by atoms with Gasteiger partial charge in [0.05, 0.1) is 35.9 Å². The molecule has 8 heteroatoms. The fraction of sp³-hybridized carbons (Fsp3) is 0.310. The number of rotatable bonds is 10. The summed E-state index contributed by atoms with van der Waals surface area (Å²) in [6, 6.07) is 32.1. The number of aromatic amines is 2. The first-order chi connectivity index (χ1) is 24.6. The molecule has 2 saturated heterocycles. The molecule has 0 radical (unpaired) electrons. The lowest BCUT2D eigenvalue weighted by Crippen LogP contribution is -2.43. The van der Waals surface area contributed by atoms with Gasteiger partial charge in [0.15, 0.2) is 0 Å². The van der Waals surface area contributed by atoms with Crippen molar-refractivity contribution >= 4 is 16.7 Å². The van der Waals surface area contributed by atoms with Gasteiger partial charge in [-0.25, -0.2) is 9.97 Å². The summed E-state index contributed by atoms with van der Waals surface area (Å²) in [5.41, 5.74) is 7.63. The molecular formula is C42H45N7O. The molecule has 3 atom stereocenters. The van der Waals surface area contributed by atoms with Crippen molar-refractivity contribution in [2.45, 2.75) is 57.7 Å². The van der Waals surface area contributed by atoms with Gasteiger partial charge in [-0.3, -0.25) is 9.69 Å². The lowest BCUT2D eigenvalue weighted by molar-refractivity contribution is -0.138. The highest BCUT2D eigenvalue weighted by Gasteiger charge is 2.38. The molecule has 2 aromatic heterocycles. The number of aromatic nitrogens is 4. The fourth-order valence-corrected chi connectivity index (χ4v) is 7.87. The number of nitrogens with one attached hydrogen (secondary N) is 3. The van der Waals surface area contributed by atoms with Crippen LogP contribution >= 0.6 is 0 Å². The molecule has 4 heterocycles. The number of amides is 1. The minimum Gasteiger partial charge on any atom is -0.341 e. The molecule has 8 nitrogen and oxygen atoms in total. The first kappa shape index (κ1) is 32.2. The lowest BCUT2D eigenvalue weighted by atomic mass is 9.98. The minimum absolute atomic E-state index is 0.0602. The van der Waals surface area contributed by atoms with Gasteiger partial charge in [-0.1, -0.05) is 92.7 Å². The third-order valence-corrected chi connectivity index (χ3v) is 10.6. The van der Waals surface area contributed by atoms with Crippen molar-refractivity contribution in [1.29, 1.82) is 0 Å². The molecule has 8 rings (SSSR count). The van der Waals surface area contributed by atoms with Crippen LogP contribution in [0.4, 0.5) is 0 Å². The number of nitrogens with zero attached hydrogens (tertiary/aromatic N) is 4. The van der Waals surface area contributed by atoms with Crippen molar-refractivity contribution in [1.82, 2.24) is 35.1 Å². The van der Waals surface area contributed by atoms with Crippen LogP contribution in [0.1, 0.15) is 74.9 Å². The molecule has 254 valence electrons. The van der Waals surface area contributed by atoms with Crippen molar-refractivity contribution in [3.63, 3.8) is 0 Å². The lowest BCUT2D eigenvalue weighted by Gasteiger charge is -2.34. The number of carbonyl (C=O) groups is 1. The standard InChI is InChI=1S/C42H45N7O/c1-3-48(4-2)39(30-10-6-5-7-11-30)42(50)49-23-9-13-38(49)41-45-26-36(47-41)29-16-14-28(15-17-29)31-18-19-33-25-34(21-20-32(33)24-31)37-27-44-40(46-37)35-12-8-22-43-35/h5-7,10-11,14-21,24-27,35,38-39,43H,3-4,8-9,12-13,22-23H2,1-2H3,(H,44,46)(H,45,47)/t35-,38-,39+/m0/s1. The number of fused-ring (bicyclic) bond motifs is 1. The third-order valence-electron chi connectivity index (χ3n) is 10.6. The van der Waals surface area contributed by atoms with E-state index >= 15 is 0 Å². The van der Waals surface area contributed by atoms with Gasteiger partial charge < -0.3 is 20.2 Å². The Kier molecular flexibility index (Phi) is 9.04. The molecule has 1 amide bonds. The summed E-state index contributed by atoms with van der Waals surface area (Å²) in [4.78, 5) is 35.1. The maximum Gasteiger partial charge on any atom is 0.245 e. The maximum absolute atomic E-state index is 14.2. The molecule has 3 N–H and O–H groups in total. The first-order valence-corrected chi connectivity index (χ1v) is 18.2. The van der Waals surface area contributed by atoms with Crippen LogP contribution in [-0.4, -0.2) is 61.8 Å². The van der Waals surface area contributed by atoms with Crippen LogP contribution in [0.5, 0.6) is 0 Å². The van der Waals surface area contributed by atoms with Crippen LogP contribution in [0.15, 0.2) is 103 Å². The van der Waals surface area contributed by atoms with E-state index < -0.39 is 0 Å². The number of hydrogen-bond donors (Lipinski definition) is 3. The molecule has 4 aromatic carbocycles. The average molecular weight is 664 g/mol. The van der Waals surface area contributed by atoms with E-state index in [2.05, 4.69) is 112 Å². The monoisotopic (exact) mass is 663 g/mol. The van der Waals surface area contributed by atoms with E-state index in [0.29, 0.717) is 6.04 Å². The van der Waals surface area contributed by atoms with Gasteiger partial charge >= 0.3 is 0 Å². The van der Waals surface area contributed by atoms with Crippen LogP contribution in [0.2, 0.25) is 0 Å². The van der Waals surface area contributed by atoms with Crippen molar-refractivity contribution < 1.29 is 4.79 Å². The largest absolute Gasteiger partial charge is 0.341 e. The van der Waals surface area contributed by atoms with Gasteiger partial charge in [-0.2, -0.15) is 0 Å². The van der Waals surface area contributed by atoms with Crippen molar-refractivity contribution in [2.24, 2.45) is 0 Å². The Morgan fingerprint density at radius 1 is 0.760 bits per heavy atom. The van der Waals surface area contributed by atoms with E-state index in [1.54, 1.807) is 0 Å². The Hall–Kier alpha value is -5.05. The molecule has 2 fully saturated rings. The fourth-order valence-electron chi connectivity index (χ4n) is 7.87. The van der Waals surface area contributed by atoms with E-state index in [9.17, 15) is 4.79 Å². The Bertz CT molecular complexity index is 2070. The van der Waals surface area contributed by atoms with E-state index in [-0.39, 0.29) is 18.0 Å². The second-order valence-corrected chi connectivity index (χ2v) is 13.6. The summed E-state index contributed by atoms with van der Waals surface area (Å²) >= 11 is 0. The highest BCUT2D eigenvalue weighted by Crippen LogP contribution is 2.36. The zero-order valence-electron chi connectivity index (χ0n) is 28.9. The summed E-state index contributed by atoms with van der Waals surface area (Å²) in [5.74, 6) is 2.04. The highest BCUT2D eigenvalue weighted by atomic mass is 16.2. The Morgan fingerprint density at radius 2 is 1.40 bits per heavy atom. The first-order valence-electron chi connectivity index (χ1n) is 18.2. The maximum atomic E-state index is 14.2. The van der Waals surface area contributed by atoms with Gasteiger partial charge in [0.1, 0.15) is 17.7 Å². The van der Waals surface area contributed by atoms with Crippen LogP contribution < -0.4 is 5.32 Å². The topological polar surface area (TPSA) is 92.9 Å². The number of imidazole rings is 2. The van der Waals surface area contributed by atoms with Crippen molar-refractivity contribution in [2.75, 3.05) is 26.2 Å². The van der Waals surface area contributed by atoms with Gasteiger partial charge in [0.25, 0.3) is 0 Å². The number of benzene rings is 4. The molecule has 6 aromatic rings. The number of hydrogen-bond acceptors (Lipinski definition) is 5. The molecular weight excluding hydrogens is 619 g/mol. The third kappa shape index (κ3) is 6.25. The molecule has 0 spiro atoms. The second kappa shape index (κ2) is 14.1. The molecule has 0 saturated carbocycles.